The quantitative estimate of drug-likeness (QED) is 0.584. The normalized spacial score (nSPS) is 15.9. The van der Waals surface area contributed by atoms with Gasteiger partial charge in [-0.05, 0) is 62.4 Å². The Morgan fingerprint density at radius 1 is 1.07 bits per heavy atom. The number of hydrogen-bond donors (Lipinski definition) is 2. The molecule has 0 aliphatic heterocycles. The van der Waals surface area contributed by atoms with Crippen molar-refractivity contribution in [2.45, 2.75) is 61.0 Å². The van der Waals surface area contributed by atoms with E-state index in [2.05, 4.69) is 10.0 Å². The maximum Gasteiger partial charge on any atom is 0.261 e. The number of hydrogen-bond acceptors (Lipinski definition) is 5. The summed E-state index contributed by atoms with van der Waals surface area (Å²) in [5, 5.41) is 3.04. The van der Waals surface area contributed by atoms with Crippen molar-refractivity contribution < 1.29 is 17.9 Å². The summed E-state index contributed by atoms with van der Waals surface area (Å²) in [7, 11) is -3.72. The highest BCUT2D eigenvalue weighted by Gasteiger charge is 2.21. The van der Waals surface area contributed by atoms with Crippen molar-refractivity contribution in [1.29, 1.82) is 0 Å². The van der Waals surface area contributed by atoms with Crippen molar-refractivity contribution in [2.75, 3.05) is 11.0 Å². The lowest BCUT2D eigenvalue weighted by Gasteiger charge is -2.24. The maximum atomic E-state index is 12.7. The van der Waals surface area contributed by atoms with Crippen LogP contribution in [0.15, 0.2) is 58.3 Å². The van der Waals surface area contributed by atoms with Crippen LogP contribution in [0.3, 0.4) is 0 Å². The zero-order valence-electron chi connectivity index (χ0n) is 17.3. The zero-order valence-corrected chi connectivity index (χ0v) is 18.9. The van der Waals surface area contributed by atoms with Crippen molar-refractivity contribution in [1.82, 2.24) is 5.32 Å². The Labute approximate surface area is 182 Å². The second-order valence-corrected chi connectivity index (χ2v) is 9.91. The molecule has 2 aromatic carbocycles. The highest BCUT2D eigenvalue weighted by Crippen LogP contribution is 2.27. The molecule has 3 rings (SSSR count). The molecule has 1 saturated carbocycles. The Kier molecular flexibility index (Phi) is 7.66. The van der Waals surface area contributed by atoms with Gasteiger partial charge in [-0.25, -0.2) is 8.42 Å². The summed E-state index contributed by atoms with van der Waals surface area (Å²) in [6.45, 7) is 1.70. The first-order chi connectivity index (χ1) is 14.4. The predicted molar refractivity (Wildman–Crippen MR) is 121 cm³/mol. The fourth-order valence-electron chi connectivity index (χ4n) is 3.45. The number of para-hydroxylation sites is 1. The Balaban J connectivity index is 1.61. The van der Waals surface area contributed by atoms with E-state index in [0.717, 1.165) is 30.6 Å². The van der Waals surface area contributed by atoms with E-state index in [1.54, 1.807) is 31.2 Å². The van der Waals surface area contributed by atoms with Gasteiger partial charge in [0.1, 0.15) is 5.75 Å². The van der Waals surface area contributed by atoms with Crippen LogP contribution >= 0.6 is 11.8 Å². The van der Waals surface area contributed by atoms with E-state index in [9.17, 15) is 13.2 Å². The number of carbonyl (C=O) groups excluding carboxylic acids is 1. The van der Waals surface area contributed by atoms with E-state index < -0.39 is 16.1 Å². The van der Waals surface area contributed by atoms with Gasteiger partial charge in [0, 0.05) is 10.9 Å². The largest absolute Gasteiger partial charge is 0.481 e. The first-order valence-corrected chi connectivity index (χ1v) is 12.8. The van der Waals surface area contributed by atoms with Crippen LogP contribution < -0.4 is 14.8 Å². The number of carbonyl (C=O) groups is 1. The smallest absolute Gasteiger partial charge is 0.261 e. The third-order valence-corrected chi connectivity index (χ3v) is 7.30. The summed E-state index contributed by atoms with van der Waals surface area (Å²) in [6, 6.07) is 13.6. The molecule has 162 valence electrons. The van der Waals surface area contributed by atoms with Gasteiger partial charge in [-0.1, -0.05) is 31.4 Å². The number of ether oxygens (including phenoxy) is 1. The average molecular weight is 449 g/mol. The lowest BCUT2D eigenvalue weighted by molar-refractivity contribution is -0.128. The van der Waals surface area contributed by atoms with Gasteiger partial charge >= 0.3 is 0 Å². The Bertz CT molecular complexity index is 955. The molecule has 0 heterocycles. The molecule has 1 aliphatic rings. The van der Waals surface area contributed by atoms with E-state index in [0.29, 0.717) is 11.4 Å². The topological polar surface area (TPSA) is 84.5 Å². The lowest BCUT2D eigenvalue weighted by atomic mass is 9.95. The number of sulfonamides is 1. The molecule has 2 aromatic rings. The van der Waals surface area contributed by atoms with Crippen molar-refractivity contribution in [3.63, 3.8) is 0 Å². The molecule has 0 saturated heterocycles. The van der Waals surface area contributed by atoms with E-state index in [-0.39, 0.29) is 16.8 Å². The minimum absolute atomic E-state index is 0.130. The van der Waals surface area contributed by atoms with Crippen LogP contribution in [0.4, 0.5) is 5.69 Å². The number of thioether (sulfide) groups is 1. The minimum Gasteiger partial charge on any atom is -0.481 e. The van der Waals surface area contributed by atoms with Crippen molar-refractivity contribution in [2.24, 2.45) is 0 Å². The molecule has 30 heavy (non-hydrogen) atoms. The number of anilines is 1. The van der Waals surface area contributed by atoms with Crippen LogP contribution in [0.25, 0.3) is 0 Å². The molecular weight excluding hydrogens is 420 g/mol. The highest BCUT2D eigenvalue weighted by molar-refractivity contribution is 7.99. The zero-order chi connectivity index (χ0) is 21.6. The second-order valence-electron chi connectivity index (χ2n) is 7.38. The summed E-state index contributed by atoms with van der Waals surface area (Å²) in [6.07, 6.45) is 6.78. The molecular formula is C22H28N2O4S2. The fraction of sp³-hybridized carbons (Fsp3) is 0.409. The van der Waals surface area contributed by atoms with Crippen molar-refractivity contribution in [3.8, 4) is 5.75 Å². The van der Waals surface area contributed by atoms with E-state index in [1.807, 2.05) is 18.4 Å². The summed E-state index contributed by atoms with van der Waals surface area (Å²) in [5.74, 6) is 0.304. The molecule has 0 aromatic heterocycles. The standard InChI is InChI=1S/C22H28N2O4S2/c1-16(22(25)23-17-8-4-3-5-9-17)28-18-12-14-19(15-13-18)30(26,27)24-20-10-6-7-11-21(20)29-2/h6-7,10-17,24H,3-5,8-9H2,1-2H3,(H,23,25)/t16-/m1/s1. The molecule has 0 bridgehead atoms. The minimum atomic E-state index is -3.72. The van der Waals surface area contributed by atoms with Crippen LogP contribution in [-0.2, 0) is 14.8 Å². The molecule has 8 heteroatoms. The lowest BCUT2D eigenvalue weighted by Crippen LogP contribution is -2.43. The number of nitrogens with one attached hydrogen (secondary N) is 2. The van der Waals surface area contributed by atoms with Crippen LogP contribution in [0, 0.1) is 0 Å². The number of benzene rings is 2. The average Bonchev–Trinajstić information content (AvgIpc) is 2.75. The third-order valence-electron chi connectivity index (χ3n) is 5.12. The second kappa shape index (κ2) is 10.2. The van der Waals surface area contributed by atoms with Gasteiger partial charge in [0.2, 0.25) is 0 Å². The van der Waals surface area contributed by atoms with Gasteiger partial charge in [-0.15, -0.1) is 11.8 Å². The van der Waals surface area contributed by atoms with Crippen molar-refractivity contribution >= 4 is 33.4 Å². The Hall–Kier alpha value is -2.19. The van der Waals surface area contributed by atoms with Crippen LogP contribution in [0.2, 0.25) is 0 Å². The van der Waals surface area contributed by atoms with E-state index in [1.165, 1.54) is 30.3 Å². The fourth-order valence-corrected chi connectivity index (χ4v) is 5.15. The number of rotatable bonds is 8. The summed E-state index contributed by atoms with van der Waals surface area (Å²) in [5.41, 5.74) is 0.540. The van der Waals surface area contributed by atoms with Crippen LogP contribution in [0.5, 0.6) is 5.75 Å². The van der Waals surface area contributed by atoms with Gasteiger partial charge in [0.25, 0.3) is 15.9 Å². The molecule has 0 radical (unpaired) electrons. The molecule has 0 unspecified atom stereocenters. The first kappa shape index (κ1) is 22.5. The van der Waals surface area contributed by atoms with Gasteiger partial charge in [-0.2, -0.15) is 0 Å². The van der Waals surface area contributed by atoms with Crippen LogP contribution in [-0.4, -0.2) is 32.7 Å². The molecule has 1 aliphatic carbocycles. The molecule has 6 nitrogen and oxygen atoms in total. The third kappa shape index (κ3) is 5.92. The predicted octanol–water partition coefficient (Wildman–Crippen LogP) is 4.43. The Morgan fingerprint density at radius 2 is 1.73 bits per heavy atom. The van der Waals surface area contributed by atoms with Gasteiger partial charge < -0.3 is 10.1 Å². The molecule has 2 N–H and O–H groups in total. The SMILES string of the molecule is CSc1ccccc1NS(=O)(=O)c1ccc(O[C@H](C)C(=O)NC2CCCCC2)cc1. The monoisotopic (exact) mass is 448 g/mol. The number of amides is 1. The summed E-state index contributed by atoms with van der Waals surface area (Å²) >= 11 is 1.47. The highest BCUT2D eigenvalue weighted by atomic mass is 32.2. The molecule has 1 amide bonds. The summed E-state index contributed by atoms with van der Waals surface area (Å²) in [4.78, 5) is 13.3. The van der Waals surface area contributed by atoms with Gasteiger partial charge in [0.05, 0.1) is 10.6 Å². The molecule has 0 spiro atoms. The van der Waals surface area contributed by atoms with Gasteiger partial charge in [-0.3, -0.25) is 9.52 Å². The summed E-state index contributed by atoms with van der Waals surface area (Å²) < 4.78 is 33.7. The molecule has 1 atom stereocenters. The van der Waals surface area contributed by atoms with Gasteiger partial charge in [0.15, 0.2) is 6.10 Å². The Morgan fingerprint density at radius 3 is 2.40 bits per heavy atom. The van der Waals surface area contributed by atoms with Crippen LogP contribution in [0.1, 0.15) is 39.0 Å². The molecule has 1 fully saturated rings. The van der Waals surface area contributed by atoms with E-state index >= 15 is 0 Å². The van der Waals surface area contributed by atoms with E-state index in [4.69, 9.17) is 4.74 Å². The van der Waals surface area contributed by atoms with Crippen molar-refractivity contribution in [3.05, 3.63) is 48.5 Å². The maximum absolute atomic E-state index is 12.7. The first-order valence-electron chi connectivity index (χ1n) is 10.1.